The maximum atomic E-state index is 10.6. The molecule has 0 radical (unpaired) electrons. The maximum absolute atomic E-state index is 10.6. The minimum Gasteiger partial charge on any atom is -0.481 e. The Morgan fingerprint density at radius 3 is 2.54 bits per heavy atom. The van der Waals surface area contributed by atoms with Crippen LogP contribution in [0.3, 0.4) is 0 Å². The van der Waals surface area contributed by atoms with Crippen LogP contribution in [0.5, 0.6) is 0 Å². The van der Waals surface area contributed by atoms with E-state index in [1.165, 1.54) is 12.8 Å². The standard InChI is InChI=1S/C10H19NO2/c1-7(8-4-5-8)2-3-9(6-11)10(12)13/h7-9H,2-6,11H2,1H3,(H,12,13). The molecule has 1 rings (SSSR count). The van der Waals surface area contributed by atoms with Crippen molar-refractivity contribution in [3.63, 3.8) is 0 Å². The Kier molecular flexibility index (Phi) is 3.72. The Balaban J connectivity index is 2.18. The van der Waals surface area contributed by atoms with Crippen LogP contribution < -0.4 is 5.73 Å². The quantitative estimate of drug-likeness (QED) is 0.658. The van der Waals surface area contributed by atoms with E-state index in [-0.39, 0.29) is 12.5 Å². The van der Waals surface area contributed by atoms with Gasteiger partial charge in [0.1, 0.15) is 0 Å². The van der Waals surface area contributed by atoms with Gasteiger partial charge in [-0.1, -0.05) is 6.92 Å². The molecule has 2 atom stereocenters. The summed E-state index contributed by atoms with van der Waals surface area (Å²) in [6.07, 6.45) is 4.42. The number of hydrogen-bond donors (Lipinski definition) is 2. The topological polar surface area (TPSA) is 63.3 Å². The average molecular weight is 185 g/mol. The molecule has 0 amide bonds. The number of rotatable bonds is 6. The van der Waals surface area contributed by atoms with Gasteiger partial charge in [-0.25, -0.2) is 0 Å². The van der Waals surface area contributed by atoms with E-state index in [1.807, 2.05) is 0 Å². The van der Waals surface area contributed by atoms with Crippen molar-refractivity contribution in [1.29, 1.82) is 0 Å². The highest BCUT2D eigenvalue weighted by Gasteiger charge is 2.28. The maximum Gasteiger partial charge on any atom is 0.307 e. The molecule has 0 bridgehead atoms. The summed E-state index contributed by atoms with van der Waals surface area (Å²) < 4.78 is 0. The van der Waals surface area contributed by atoms with Gasteiger partial charge in [0.05, 0.1) is 5.92 Å². The first-order chi connectivity index (χ1) is 6.15. The van der Waals surface area contributed by atoms with Gasteiger partial charge in [-0.3, -0.25) is 4.79 Å². The number of nitrogens with two attached hydrogens (primary N) is 1. The molecule has 1 fully saturated rings. The van der Waals surface area contributed by atoms with Gasteiger partial charge in [-0.05, 0) is 37.5 Å². The minimum absolute atomic E-state index is 0.271. The molecule has 1 aliphatic carbocycles. The highest BCUT2D eigenvalue weighted by atomic mass is 16.4. The molecule has 0 aliphatic heterocycles. The summed E-state index contributed by atoms with van der Waals surface area (Å²) >= 11 is 0. The van der Waals surface area contributed by atoms with Gasteiger partial charge >= 0.3 is 5.97 Å². The number of carboxylic acids is 1. The first-order valence-electron chi connectivity index (χ1n) is 5.08. The first kappa shape index (κ1) is 10.5. The lowest BCUT2D eigenvalue weighted by atomic mass is 9.94. The largest absolute Gasteiger partial charge is 0.481 e. The van der Waals surface area contributed by atoms with Crippen molar-refractivity contribution in [2.24, 2.45) is 23.5 Å². The van der Waals surface area contributed by atoms with Crippen molar-refractivity contribution in [3.05, 3.63) is 0 Å². The van der Waals surface area contributed by atoms with Crippen LogP contribution >= 0.6 is 0 Å². The number of aliphatic carboxylic acids is 1. The number of hydrogen-bond acceptors (Lipinski definition) is 2. The summed E-state index contributed by atoms with van der Waals surface area (Å²) in [6.45, 7) is 2.49. The molecule has 76 valence electrons. The number of carbonyl (C=O) groups is 1. The molecule has 1 aliphatic rings. The van der Waals surface area contributed by atoms with Crippen LogP contribution in [0.25, 0.3) is 0 Å². The monoisotopic (exact) mass is 185 g/mol. The van der Waals surface area contributed by atoms with E-state index < -0.39 is 5.97 Å². The third kappa shape index (κ3) is 3.35. The van der Waals surface area contributed by atoms with Crippen molar-refractivity contribution < 1.29 is 9.90 Å². The van der Waals surface area contributed by atoms with E-state index in [0.717, 1.165) is 18.8 Å². The van der Waals surface area contributed by atoms with Gasteiger partial charge in [0.15, 0.2) is 0 Å². The minimum atomic E-state index is -0.745. The Morgan fingerprint density at radius 1 is 1.54 bits per heavy atom. The molecule has 0 aromatic carbocycles. The second-order valence-electron chi connectivity index (χ2n) is 4.16. The zero-order valence-corrected chi connectivity index (χ0v) is 8.20. The van der Waals surface area contributed by atoms with Crippen molar-refractivity contribution >= 4 is 5.97 Å². The fourth-order valence-electron chi connectivity index (χ4n) is 1.71. The summed E-state index contributed by atoms with van der Waals surface area (Å²) in [5, 5.41) is 8.76. The van der Waals surface area contributed by atoms with Crippen LogP contribution in [-0.2, 0) is 4.79 Å². The predicted molar refractivity (Wildman–Crippen MR) is 51.3 cm³/mol. The molecule has 13 heavy (non-hydrogen) atoms. The lowest BCUT2D eigenvalue weighted by Gasteiger charge is -2.13. The summed E-state index contributed by atoms with van der Waals surface area (Å²) in [6, 6.07) is 0. The van der Waals surface area contributed by atoms with E-state index in [2.05, 4.69) is 6.92 Å². The zero-order chi connectivity index (χ0) is 9.84. The van der Waals surface area contributed by atoms with E-state index in [9.17, 15) is 4.79 Å². The summed E-state index contributed by atoms with van der Waals surface area (Å²) in [5.41, 5.74) is 5.37. The van der Waals surface area contributed by atoms with Crippen LogP contribution in [0.2, 0.25) is 0 Å². The first-order valence-corrected chi connectivity index (χ1v) is 5.08. The molecule has 3 heteroatoms. The molecule has 1 saturated carbocycles. The smallest absolute Gasteiger partial charge is 0.307 e. The van der Waals surface area contributed by atoms with Crippen LogP contribution in [0, 0.1) is 17.8 Å². The van der Waals surface area contributed by atoms with Crippen LogP contribution in [0.1, 0.15) is 32.6 Å². The third-order valence-electron chi connectivity index (χ3n) is 3.03. The van der Waals surface area contributed by atoms with Gasteiger partial charge in [0.2, 0.25) is 0 Å². The predicted octanol–water partition coefficient (Wildman–Crippen LogP) is 1.47. The highest BCUT2D eigenvalue weighted by molar-refractivity contribution is 5.70. The average Bonchev–Trinajstić information content (AvgIpc) is 2.86. The summed E-state index contributed by atoms with van der Waals surface area (Å²) in [5.74, 6) is 0.479. The zero-order valence-electron chi connectivity index (χ0n) is 8.20. The third-order valence-corrected chi connectivity index (χ3v) is 3.03. The Morgan fingerprint density at radius 2 is 2.15 bits per heavy atom. The fourth-order valence-corrected chi connectivity index (χ4v) is 1.71. The highest BCUT2D eigenvalue weighted by Crippen LogP contribution is 2.39. The van der Waals surface area contributed by atoms with Gasteiger partial charge in [-0.2, -0.15) is 0 Å². The second kappa shape index (κ2) is 4.61. The summed E-state index contributed by atoms with van der Waals surface area (Å²) in [4.78, 5) is 10.6. The Hall–Kier alpha value is -0.570. The fraction of sp³-hybridized carbons (Fsp3) is 0.900. The van der Waals surface area contributed by atoms with Gasteiger partial charge < -0.3 is 10.8 Å². The van der Waals surface area contributed by atoms with Crippen molar-refractivity contribution in [1.82, 2.24) is 0 Å². The van der Waals surface area contributed by atoms with Crippen LogP contribution in [0.15, 0.2) is 0 Å². The van der Waals surface area contributed by atoms with E-state index in [1.54, 1.807) is 0 Å². The lowest BCUT2D eigenvalue weighted by Crippen LogP contribution is -2.23. The molecule has 0 aromatic heterocycles. The SMILES string of the molecule is CC(CCC(CN)C(=O)O)C1CC1. The molecule has 0 heterocycles. The Bertz CT molecular complexity index is 178. The van der Waals surface area contributed by atoms with Gasteiger partial charge in [0, 0.05) is 6.54 Å². The van der Waals surface area contributed by atoms with E-state index in [0.29, 0.717) is 5.92 Å². The number of carboxylic acid groups (broad SMARTS) is 1. The van der Waals surface area contributed by atoms with Crippen molar-refractivity contribution in [2.45, 2.75) is 32.6 Å². The van der Waals surface area contributed by atoms with Crippen molar-refractivity contribution in [3.8, 4) is 0 Å². The second-order valence-corrected chi connectivity index (χ2v) is 4.16. The van der Waals surface area contributed by atoms with E-state index >= 15 is 0 Å². The molecular formula is C10H19NO2. The Labute approximate surface area is 79.3 Å². The lowest BCUT2D eigenvalue weighted by molar-refractivity contribution is -0.141. The van der Waals surface area contributed by atoms with Crippen LogP contribution in [-0.4, -0.2) is 17.6 Å². The molecule has 0 aromatic rings. The molecular weight excluding hydrogens is 166 g/mol. The van der Waals surface area contributed by atoms with Gasteiger partial charge in [0.25, 0.3) is 0 Å². The van der Waals surface area contributed by atoms with Crippen molar-refractivity contribution in [2.75, 3.05) is 6.54 Å². The van der Waals surface area contributed by atoms with Crippen LogP contribution in [0.4, 0.5) is 0 Å². The molecule has 3 nitrogen and oxygen atoms in total. The molecule has 2 unspecified atom stereocenters. The van der Waals surface area contributed by atoms with E-state index in [4.69, 9.17) is 10.8 Å². The van der Waals surface area contributed by atoms with Gasteiger partial charge in [-0.15, -0.1) is 0 Å². The summed E-state index contributed by atoms with van der Waals surface area (Å²) in [7, 11) is 0. The normalized spacial score (nSPS) is 21.1. The molecule has 0 spiro atoms. The molecule has 3 N–H and O–H groups in total. The molecule has 0 saturated heterocycles.